The fraction of sp³-hybridized carbons (Fsp3) is 0.538. The molecule has 0 aliphatic carbocycles. The van der Waals surface area contributed by atoms with Gasteiger partial charge in [0.25, 0.3) is 0 Å². The summed E-state index contributed by atoms with van der Waals surface area (Å²) in [4.78, 5) is 2.30. The number of hydrogen-bond donors (Lipinski definition) is 2. The summed E-state index contributed by atoms with van der Waals surface area (Å²) in [6, 6.07) is 6.21. The van der Waals surface area contributed by atoms with Crippen LogP contribution in [0.4, 0.5) is 5.69 Å². The van der Waals surface area contributed by atoms with Crippen molar-refractivity contribution in [3.8, 4) is 0 Å². The number of sulfonamides is 1. The zero-order chi connectivity index (χ0) is 13.9. The maximum Gasteiger partial charge on any atom is 0.209 e. The Morgan fingerprint density at radius 2 is 2.00 bits per heavy atom. The van der Waals surface area contributed by atoms with Crippen LogP contribution in [0.3, 0.4) is 0 Å². The third kappa shape index (κ3) is 4.19. The van der Waals surface area contributed by atoms with Crippen LogP contribution in [0.1, 0.15) is 11.1 Å². The van der Waals surface area contributed by atoms with E-state index in [1.54, 1.807) is 0 Å². The molecule has 6 heteroatoms. The lowest BCUT2D eigenvalue weighted by Gasteiger charge is -2.31. The number of hydrogen-bond acceptors (Lipinski definition) is 4. The lowest BCUT2D eigenvalue weighted by atomic mass is 10.1. The molecule has 1 aromatic rings. The van der Waals surface area contributed by atoms with Gasteiger partial charge in [-0.15, -0.1) is 0 Å². The first-order valence-electron chi connectivity index (χ1n) is 6.45. The molecule has 0 amide bonds. The number of piperazine rings is 1. The summed E-state index contributed by atoms with van der Waals surface area (Å²) in [6.45, 7) is 6.20. The standard InChI is InChI=1S/C13H21N3O2S/c1-11-3-4-13(16-7-5-14-6-8-16)12(9-11)10-15-19(2,17)18/h3-4,9,14-15H,5-8,10H2,1-2H3. The molecule has 0 spiro atoms. The van der Waals surface area contributed by atoms with Crippen LogP contribution in [0.2, 0.25) is 0 Å². The van der Waals surface area contributed by atoms with E-state index < -0.39 is 10.0 Å². The van der Waals surface area contributed by atoms with Gasteiger partial charge in [0.1, 0.15) is 0 Å². The van der Waals surface area contributed by atoms with Gasteiger partial charge in [0, 0.05) is 38.4 Å². The van der Waals surface area contributed by atoms with Crippen LogP contribution in [0.25, 0.3) is 0 Å². The fourth-order valence-corrected chi connectivity index (χ4v) is 2.70. The van der Waals surface area contributed by atoms with Crippen LogP contribution in [-0.2, 0) is 16.6 Å². The topological polar surface area (TPSA) is 61.4 Å². The lowest BCUT2D eigenvalue weighted by Crippen LogP contribution is -2.44. The highest BCUT2D eigenvalue weighted by Gasteiger charge is 2.14. The van der Waals surface area contributed by atoms with Gasteiger partial charge >= 0.3 is 0 Å². The maximum atomic E-state index is 11.2. The quantitative estimate of drug-likeness (QED) is 0.842. The van der Waals surface area contributed by atoms with Crippen molar-refractivity contribution in [3.63, 3.8) is 0 Å². The van der Waals surface area contributed by atoms with Crippen molar-refractivity contribution in [1.29, 1.82) is 0 Å². The largest absolute Gasteiger partial charge is 0.369 e. The SMILES string of the molecule is Cc1ccc(N2CCNCC2)c(CNS(C)(=O)=O)c1. The van der Waals surface area contributed by atoms with Crippen molar-refractivity contribution < 1.29 is 8.42 Å². The van der Waals surface area contributed by atoms with Crippen molar-refractivity contribution in [3.05, 3.63) is 29.3 Å². The molecule has 19 heavy (non-hydrogen) atoms. The number of rotatable bonds is 4. The number of nitrogens with one attached hydrogen (secondary N) is 2. The molecule has 0 radical (unpaired) electrons. The van der Waals surface area contributed by atoms with Crippen LogP contribution < -0.4 is 14.9 Å². The van der Waals surface area contributed by atoms with Crippen molar-refractivity contribution in [2.24, 2.45) is 0 Å². The van der Waals surface area contributed by atoms with E-state index in [-0.39, 0.29) is 0 Å². The van der Waals surface area contributed by atoms with Gasteiger partial charge in [-0.25, -0.2) is 13.1 Å². The highest BCUT2D eigenvalue weighted by molar-refractivity contribution is 7.88. The molecule has 1 saturated heterocycles. The number of nitrogens with zero attached hydrogens (tertiary/aromatic N) is 1. The smallest absolute Gasteiger partial charge is 0.209 e. The predicted octanol–water partition coefficient (Wildman–Crippen LogP) is 0.454. The van der Waals surface area contributed by atoms with Crippen LogP contribution in [-0.4, -0.2) is 40.9 Å². The minimum absolute atomic E-state index is 0.347. The summed E-state index contributed by atoms with van der Waals surface area (Å²) in [5.41, 5.74) is 3.31. The molecule has 5 nitrogen and oxygen atoms in total. The summed E-state index contributed by atoms with van der Waals surface area (Å²) in [5, 5.41) is 3.32. The van der Waals surface area contributed by atoms with E-state index in [4.69, 9.17) is 0 Å². The van der Waals surface area contributed by atoms with Crippen molar-refractivity contribution >= 4 is 15.7 Å². The third-order valence-corrected chi connectivity index (χ3v) is 3.89. The molecule has 0 atom stereocenters. The summed E-state index contributed by atoms with van der Waals surface area (Å²) in [5.74, 6) is 0. The van der Waals surface area contributed by atoms with Gasteiger partial charge in [-0.3, -0.25) is 0 Å². The summed E-state index contributed by atoms with van der Waals surface area (Å²) >= 11 is 0. The van der Waals surface area contributed by atoms with E-state index in [9.17, 15) is 8.42 Å². The second-order valence-corrected chi connectivity index (χ2v) is 6.80. The van der Waals surface area contributed by atoms with E-state index >= 15 is 0 Å². The Labute approximate surface area is 115 Å². The molecule has 1 aliphatic heterocycles. The van der Waals surface area contributed by atoms with Crippen LogP contribution in [0, 0.1) is 6.92 Å². The lowest BCUT2D eigenvalue weighted by molar-refractivity contribution is 0.582. The zero-order valence-corrected chi connectivity index (χ0v) is 12.3. The molecule has 0 bridgehead atoms. The number of aryl methyl sites for hydroxylation is 1. The average molecular weight is 283 g/mol. The van der Waals surface area contributed by atoms with Gasteiger partial charge in [0.05, 0.1) is 6.26 Å². The first kappa shape index (κ1) is 14.3. The minimum atomic E-state index is -3.16. The Bertz CT molecular complexity index is 537. The van der Waals surface area contributed by atoms with E-state index in [1.807, 2.05) is 6.92 Å². The van der Waals surface area contributed by atoms with Gasteiger partial charge in [0.15, 0.2) is 0 Å². The van der Waals surface area contributed by atoms with Crippen LogP contribution in [0.15, 0.2) is 18.2 Å². The molecule has 2 N–H and O–H groups in total. The number of benzene rings is 1. The van der Waals surface area contributed by atoms with E-state index in [0.29, 0.717) is 6.54 Å². The second kappa shape index (κ2) is 5.90. The third-order valence-electron chi connectivity index (χ3n) is 3.22. The van der Waals surface area contributed by atoms with Crippen molar-refractivity contribution in [2.45, 2.75) is 13.5 Å². The monoisotopic (exact) mass is 283 g/mol. The molecule has 0 saturated carbocycles. The Morgan fingerprint density at radius 1 is 1.32 bits per heavy atom. The molecule has 0 unspecified atom stereocenters. The predicted molar refractivity (Wildman–Crippen MR) is 77.9 cm³/mol. The van der Waals surface area contributed by atoms with Gasteiger partial charge < -0.3 is 10.2 Å². The van der Waals surface area contributed by atoms with Gasteiger partial charge in [-0.1, -0.05) is 17.7 Å². The Hall–Kier alpha value is -1.11. The first-order valence-corrected chi connectivity index (χ1v) is 8.35. The van der Waals surface area contributed by atoms with Gasteiger partial charge in [0.2, 0.25) is 10.0 Å². The first-order chi connectivity index (χ1) is 8.96. The molecular weight excluding hydrogens is 262 g/mol. The number of anilines is 1. The highest BCUT2D eigenvalue weighted by Crippen LogP contribution is 2.22. The van der Waals surface area contributed by atoms with Gasteiger partial charge in [-0.05, 0) is 18.6 Å². The molecule has 1 aliphatic rings. The van der Waals surface area contributed by atoms with Crippen molar-refractivity contribution in [1.82, 2.24) is 10.0 Å². The van der Waals surface area contributed by atoms with Crippen LogP contribution in [0.5, 0.6) is 0 Å². The van der Waals surface area contributed by atoms with Crippen LogP contribution >= 0.6 is 0 Å². The zero-order valence-electron chi connectivity index (χ0n) is 11.4. The van der Waals surface area contributed by atoms with E-state index in [1.165, 1.54) is 6.26 Å². The maximum absolute atomic E-state index is 11.2. The fourth-order valence-electron chi connectivity index (χ4n) is 2.28. The highest BCUT2D eigenvalue weighted by atomic mass is 32.2. The average Bonchev–Trinajstić information content (AvgIpc) is 2.37. The molecule has 1 aromatic carbocycles. The second-order valence-electron chi connectivity index (χ2n) is 4.96. The Balaban J connectivity index is 2.21. The Morgan fingerprint density at radius 3 is 2.63 bits per heavy atom. The minimum Gasteiger partial charge on any atom is -0.369 e. The molecule has 1 heterocycles. The molecule has 0 aromatic heterocycles. The van der Waals surface area contributed by atoms with E-state index in [0.717, 1.165) is 43.0 Å². The summed E-state index contributed by atoms with van der Waals surface area (Å²) < 4.78 is 25.1. The molecular formula is C13H21N3O2S. The van der Waals surface area contributed by atoms with Crippen molar-refractivity contribution in [2.75, 3.05) is 37.3 Å². The summed E-state index contributed by atoms with van der Waals surface area (Å²) in [6.07, 6.45) is 1.19. The molecule has 106 valence electrons. The normalized spacial score (nSPS) is 16.6. The molecule has 2 rings (SSSR count). The molecule has 1 fully saturated rings. The Kier molecular flexibility index (Phi) is 4.44. The summed E-state index contributed by atoms with van der Waals surface area (Å²) in [7, 11) is -3.16. The van der Waals surface area contributed by atoms with E-state index in [2.05, 4.69) is 33.1 Å². The van der Waals surface area contributed by atoms with Gasteiger partial charge in [-0.2, -0.15) is 0 Å².